The van der Waals surface area contributed by atoms with Crippen molar-refractivity contribution < 1.29 is 0 Å². The molecule has 0 aliphatic carbocycles. The van der Waals surface area contributed by atoms with Gasteiger partial charge in [-0.15, -0.1) is 13.2 Å². The van der Waals surface area contributed by atoms with Crippen molar-refractivity contribution in [3.63, 3.8) is 0 Å². The van der Waals surface area contributed by atoms with Crippen LogP contribution in [0.5, 0.6) is 0 Å². The lowest BCUT2D eigenvalue weighted by molar-refractivity contribution is 1.03. The molecule has 0 heterocycles. The zero-order valence-electron chi connectivity index (χ0n) is 6.48. The predicted octanol–water partition coefficient (Wildman–Crippen LogP) is 2.53. The lowest BCUT2D eigenvalue weighted by Gasteiger charge is -2.04. The van der Waals surface area contributed by atoms with Gasteiger partial charge in [0.2, 0.25) is 0 Å². The molecule has 0 bridgehead atoms. The van der Waals surface area contributed by atoms with E-state index < -0.39 is 8.80 Å². The second-order valence-corrected chi connectivity index (χ2v) is 5.77. The lowest BCUT2D eigenvalue weighted by atomic mass is 10.3. The van der Waals surface area contributed by atoms with Gasteiger partial charge in [0.15, 0.2) is 0 Å². The Labute approximate surface area is 59.9 Å². The summed E-state index contributed by atoms with van der Waals surface area (Å²) in [6.07, 6.45) is 4.22. The Morgan fingerprint density at radius 2 is 2.11 bits per heavy atom. The molecule has 0 saturated carbocycles. The Bertz CT molecular complexity index is 103. The van der Waals surface area contributed by atoms with Crippen molar-refractivity contribution in [3.05, 3.63) is 24.4 Å². The van der Waals surface area contributed by atoms with Crippen molar-refractivity contribution in [1.82, 2.24) is 0 Å². The van der Waals surface area contributed by atoms with E-state index in [1.165, 1.54) is 5.20 Å². The van der Waals surface area contributed by atoms with Crippen molar-refractivity contribution in [2.75, 3.05) is 0 Å². The normalized spacial score (nSPS) is 9.67. The zero-order chi connectivity index (χ0) is 7.28. The van der Waals surface area contributed by atoms with Gasteiger partial charge in [-0.3, -0.25) is 0 Å². The molecule has 1 heteroatoms. The third-order valence-corrected chi connectivity index (χ3v) is 3.41. The number of hydrogen-bond acceptors (Lipinski definition) is 0. The summed E-state index contributed by atoms with van der Waals surface area (Å²) < 4.78 is 0. The molecule has 0 N–H and O–H groups in total. The van der Waals surface area contributed by atoms with Crippen LogP contribution in [0.3, 0.4) is 0 Å². The number of rotatable bonds is 4. The maximum atomic E-state index is 4.01. The van der Waals surface area contributed by atoms with E-state index in [0.717, 1.165) is 12.8 Å². The second kappa shape index (κ2) is 4.56. The summed E-state index contributed by atoms with van der Waals surface area (Å²) in [6, 6.07) is 0. The van der Waals surface area contributed by atoms with Crippen LogP contribution in [0.15, 0.2) is 24.4 Å². The van der Waals surface area contributed by atoms with Crippen molar-refractivity contribution in [2.24, 2.45) is 0 Å². The van der Waals surface area contributed by atoms with Crippen LogP contribution >= 0.6 is 0 Å². The quantitative estimate of drug-likeness (QED) is 0.416. The van der Waals surface area contributed by atoms with Gasteiger partial charge in [0.25, 0.3) is 0 Å². The maximum Gasteiger partial charge on any atom is 0.0588 e. The fourth-order valence-electron chi connectivity index (χ4n) is 0.576. The molecule has 0 rings (SSSR count). The van der Waals surface area contributed by atoms with Crippen molar-refractivity contribution in [1.29, 1.82) is 0 Å². The molecule has 0 amide bonds. The molecule has 0 aromatic carbocycles. The van der Waals surface area contributed by atoms with Crippen LogP contribution in [-0.4, -0.2) is 8.80 Å². The van der Waals surface area contributed by atoms with Gasteiger partial charge in [0.05, 0.1) is 8.80 Å². The van der Waals surface area contributed by atoms with Gasteiger partial charge in [0, 0.05) is 0 Å². The first-order valence-corrected chi connectivity index (χ1v) is 6.35. The maximum absolute atomic E-state index is 4.01. The Kier molecular flexibility index (Phi) is 4.41. The molecule has 0 saturated heterocycles. The zero-order valence-corrected chi connectivity index (χ0v) is 7.64. The second-order valence-electron chi connectivity index (χ2n) is 2.64. The minimum absolute atomic E-state index is 0.538. The highest BCUT2D eigenvalue weighted by atomic mass is 28.3. The summed E-state index contributed by atoms with van der Waals surface area (Å²) >= 11 is 0. The number of allylic oxidation sites excluding steroid dienone is 2. The molecule has 9 heavy (non-hydrogen) atoms. The SMILES string of the molecule is C=CCCC(=C)[SiH](C)C. The summed E-state index contributed by atoms with van der Waals surface area (Å²) in [5.74, 6) is 0. The summed E-state index contributed by atoms with van der Waals surface area (Å²) in [5, 5.41) is 1.47. The van der Waals surface area contributed by atoms with Crippen LogP contribution in [0, 0.1) is 0 Å². The van der Waals surface area contributed by atoms with Crippen molar-refractivity contribution in [3.8, 4) is 0 Å². The van der Waals surface area contributed by atoms with E-state index in [4.69, 9.17) is 0 Å². The molecular weight excluding hydrogens is 124 g/mol. The van der Waals surface area contributed by atoms with Crippen LogP contribution in [0.4, 0.5) is 0 Å². The van der Waals surface area contributed by atoms with E-state index in [1.807, 2.05) is 6.08 Å². The Balaban J connectivity index is 3.38. The van der Waals surface area contributed by atoms with E-state index in [0.29, 0.717) is 0 Å². The first-order valence-electron chi connectivity index (χ1n) is 3.47. The van der Waals surface area contributed by atoms with Crippen molar-refractivity contribution in [2.45, 2.75) is 25.9 Å². The highest BCUT2D eigenvalue weighted by Crippen LogP contribution is 2.05. The molecule has 0 spiro atoms. The molecular formula is C8H16Si. The van der Waals surface area contributed by atoms with Crippen LogP contribution in [0.25, 0.3) is 0 Å². The van der Waals surface area contributed by atoms with E-state index in [1.54, 1.807) is 0 Å². The van der Waals surface area contributed by atoms with E-state index >= 15 is 0 Å². The Hall–Kier alpha value is -0.303. The van der Waals surface area contributed by atoms with Gasteiger partial charge < -0.3 is 0 Å². The molecule has 0 radical (unpaired) electrons. The largest absolute Gasteiger partial charge is 0.104 e. The molecule has 0 nitrogen and oxygen atoms in total. The summed E-state index contributed by atoms with van der Waals surface area (Å²) in [7, 11) is -0.538. The minimum Gasteiger partial charge on any atom is -0.104 e. The van der Waals surface area contributed by atoms with Crippen LogP contribution in [0.1, 0.15) is 12.8 Å². The molecule has 0 aromatic rings. The van der Waals surface area contributed by atoms with Gasteiger partial charge in [-0.25, -0.2) is 0 Å². The summed E-state index contributed by atoms with van der Waals surface area (Å²) in [6.45, 7) is 12.3. The minimum atomic E-state index is -0.538. The smallest absolute Gasteiger partial charge is 0.0588 e. The summed E-state index contributed by atoms with van der Waals surface area (Å²) in [5.41, 5.74) is 0. The average Bonchev–Trinajstić information content (AvgIpc) is 1.82. The average molecular weight is 140 g/mol. The number of hydrogen-bond donors (Lipinski definition) is 0. The van der Waals surface area contributed by atoms with Crippen LogP contribution in [-0.2, 0) is 0 Å². The highest BCUT2D eigenvalue weighted by Gasteiger charge is 1.98. The van der Waals surface area contributed by atoms with E-state index in [9.17, 15) is 0 Å². The van der Waals surface area contributed by atoms with Crippen LogP contribution < -0.4 is 0 Å². The van der Waals surface area contributed by atoms with Gasteiger partial charge in [-0.1, -0.05) is 24.4 Å². The van der Waals surface area contributed by atoms with Gasteiger partial charge in [0.1, 0.15) is 0 Å². The van der Waals surface area contributed by atoms with Gasteiger partial charge >= 0.3 is 0 Å². The van der Waals surface area contributed by atoms with E-state index in [2.05, 4.69) is 26.3 Å². The fraction of sp³-hybridized carbons (Fsp3) is 0.500. The Morgan fingerprint density at radius 3 is 2.44 bits per heavy atom. The first kappa shape index (κ1) is 8.70. The highest BCUT2D eigenvalue weighted by molar-refractivity contribution is 6.63. The van der Waals surface area contributed by atoms with Gasteiger partial charge in [-0.2, -0.15) is 0 Å². The molecule has 0 atom stereocenters. The molecule has 0 aliphatic heterocycles. The third kappa shape index (κ3) is 4.22. The summed E-state index contributed by atoms with van der Waals surface area (Å²) in [4.78, 5) is 0. The molecule has 0 aliphatic rings. The standard InChI is InChI=1S/C8H16Si/c1-5-6-7-8(2)9(3)4/h5,9H,1-2,6-7H2,3-4H3. The van der Waals surface area contributed by atoms with E-state index in [-0.39, 0.29) is 0 Å². The lowest BCUT2D eigenvalue weighted by Crippen LogP contribution is -2.03. The molecule has 0 aromatic heterocycles. The third-order valence-electron chi connectivity index (χ3n) is 1.49. The molecule has 0 unspecified atom stereocenters. The Morgan fingerprint density at radius 1 is 1.56 bits per heavy atom. The van der Waals surface area contributed by atoms with Gasteiger partial charge in [-0.05, 0) is 12.8 Å². The first-order chi connectivity index (χ1) is 4.18. The van der Waals surface area contributed by atoms with Crippen LogP contribution in [0.2, 0.25) is 13.1 Å². The van der Waals surface area contributed by atoms with Crippen molar-refractivity contribution >= 4 is 8.80 Å². The predicted molar refractivity (Wildman–Crippen MR) is 47.4 cm³/mol. The topological polar surface area (TPSA) is 0 Å². The molecule has 0 fully saturated rings. The monoisotopic (exact) mass is 140 g/mol. The molecule has 52 valence electrons. The fourth-order valence-corrected chi connectivity index (χ4v) is 1.32.